The van der Waals surface area contributed by atoms with E-state index < -0.39 is 5.97 Å². The van der Waals surface area contributed by atoms with Crippen molar-refractivity contribution in [2.45, 2.75) is 44.9 Å². The van der Waals surface area contributed by atoms with Crippen LogP contribution in [0.1, 0.15) is 45.7 Å². The molecule has 5 heterocycles. The average Bonchev–Trinajstić information content (AvgIpc) is 3.44. The Balaban J connectivity index is 1.13. The van der Waals surface area contributed by atoms with Crippen molar-refractivity contribution in [3.8, 4) is 28.6 Å². The summed E-state index contributed by atoms with van der Waals surface area (Å²) in [6.07, 6.45) is 6.58. The molecule has 8 rings (SSSR count). The molecule has 0 radical (unpaired) electrons. The lowest BCUT2D eigenvalue weighted by atomic mass is 10.0. The summed E-state index contributed by atoms with van der Waals surface area (Å²) in [5.74, 6) is 1.12. The zero-order valence-corrected chi connectivity index (χ0v) is 26.7. The largest absolute Gasteiger partial charge is 0.493 e. The summed E-state index contributed by atoms with van der Waals surface area (Å²) in [5.41, 5.74) is 7.52. The summed E-state index contributed by atoms with van der Waals surface area (Å²) in [5, 5.41) is 9.66. The maximum atomic E-state index is 11.8. The highest BCUT2D eigenvalue weighted by molar-refractivity contribution is 5.92. The lowest BCUT2D eigenvalue weighted by molar-refractivity contribution is -0.0589. The van der Waals surface area contributed by atoms with Crippen LogP contribution in [0, 0.1) is 0 Å². The lowest BCUT2D eigenvalue weighted by Crippen LogP contribution is -2.31. The van der Waals surface area contributed by atoms with Crippen LogP contribution in [0.4, 0.5) is 0 Å². The van der Waals surface area contributed by atoms with Crippen molar-refractivity contribution < 1.29 is 24.1 Å². The smallest absolute Gasteiger partial charge is 0.335 e. The fraction of sp³-hybridized carbons (Fsp3) is 0.231. The highest BCUT2D eigenvalue weighted by atomic mass is 16.5. The summed E-state index contributed by atoms with van der Waals surface area (Å²) < 4.78 is 22.6. The molecule has 10 nitrogen and oxygen atoms in total. The Morgan fingerprint density at radius 1 is 0.898 bits per heavy atom. The van der Waals surface area contributed by atoms with Gasteiger partial charge in [-0.25, -0.2) is 14.8 Å². The zero-order valence-electron chi connectivity index (χ0n) is 26.7. The number of aromatic carboxylic acids is 1. The van der Waals surface area contributed by atoms with E-state index in [2.05, 4.69) is 22.8 Å². The number of benzene rings is 3. The van der Waals surface area contributed by atoms with Gasteiger partial charge >= 0.3 is 5.97 Å². The molecular weight excluding hydrogens is 620 g/mol. The molecule has 246 valence electrons. The van der Waals surface area contributed by atoms with Crippen molar-refractivity contribution in [3.63, 3.8) is 0 Å². The van der Waals surface area contributed by atoms with Gasteiger partial charge in [-0.3, -0.25) is 4.79 Å². The Morgan fingerprint density at radius 3 is 2.59 bits per heavy atom. The molecule has 0 saturated carbocycles. The molecular formula is C39H34N4O6. The number of hydrogen-bond acceptors (Lipinski definition) is 7. The van der Waals surface area contributed by atoms with E-state index in [4.69, 9.17) is 24.2 Å². The van der Waals surface area contributed by atoms with Gasteiger partial charge in [0.05, 0.1) is 41.5 Å². The third-order valence-corrected chi connectivity index (χ3v) is 9.20. The molecule has 6 aromatic rings. The SMILES string of the molecule is O=C(O)c1ccc2nc(Cc3ccc4cc3OCCCc3cc(-n5ccc(=O)cc5)ccc3COc3cccc-4n3)n(C[C@@H]3CCO3)c2c1. The fourth-order valence-electron chi connectivity index (χ4n) is 6.42. The van der Waals surface area contributed by atoms with Crippen molar-refractivity contribution in [1.29, 1.82) is 0 Å². The first kappa shape index (κ1) is 30.6. The minimum atomic E-state index is -0.972. The number of carbonyl (C=O) groups is 1. The summed E-state index contributed by atoms with van der Waals surface area (Å²) in [6.45, 7) is 2.19. The molecule has 0 amide bonds. The van der Waals surface area contributed by atoms with E-state index in [0.717, 1.165) is 82.1 Å². The molecule has 2 aliphatic heterocycles. The molecule has 1 fully saturated rings. The number of aryl methyl sites for hydroxylation is 1. The van der Waals surface area contributed by atoms with Crippen molar-refractivity contribution in [3.05, 3.63) is 136 Å². The molecule has 0 spiro atoms. The van der Waals surface area contributed by atoms with Crippen LogP contribution in [0.3, 0.4) is 0 Å². The van der Waals surface area contributed by atoms with Crippen LogP contribution in [-0.4, -0.2) is 49.5 Å². The summed E-state index contributed by atoms with van der Waals surface area (Å²) in [6, 6.07) is 26.3. The minimum absolute atomic E-state index is 0.0322. The van der Waals surface area contributed by atoms with E-state index in [9.17, 15) is 14.7 Å². The lowest BCUT2D eigenvalue weighted by Gasteiger charge is -2.27. The molecule has 3 aromatic carbocycles. The maximum Gasteiger partial charge on any atom is 0.335 e. The van der Waals surface area contributed by atoms with Crippen molar-refractivity contribution >= 4 is 17.0 Å². The third kappa shape index (κ3) is 6.42. The molecule has 1 atom stereocenters. The Labute approximate surface area is 282 Å². The van der Waals surface area contributed by atoms with E-state index >= 15 is 0 Å². The van der Waals surface area contributed by atoms with E-state index in [1.165, 1.54) is 0 Å². The number of nitrogens with zero attached hydrogens (tertiary/aromatic N) is 4. The van der Waals surface area contributed by atoms with Gasteiger partial charge in [0.1, 0.15) is 18.2 Å². The quantitative estimate of drug-likeness (QED) is 0.225. The van der Waals surface area contributed by atoms with Gasteiger partial charge in [0.2, 0.25) is 5.88 Å². The van der Waals surface area contributed by atoms with Gasteiger partial charge in [-0.1, -0.05) is 24.3 Å². The molecule has 0 unspecified atom stereocenters. The van der Waals surface area contributed by atoms with Gasteiger partial charge < -0.3 is 28.5 Å². The fourth-order valence-corrected chi connectivity index (χ4v) is 6.42. The number of pyridine rings is 2. The number of imidazole rings is 1. The van der Waals surface area contributed by atoms with E-state index in [-0.39, 0.29) is 17.1 Å². The molecule has 49 heavy (non-hydrogen) atoms. The van der Waals surface area contributed by atoms with Crippen LogP contribution < -0.4 is 14.9 Å². The number of rotatable bonds is 6. The normalized spacial score (nSPS) is 15.7. The standard InChI is InChI=1S/C39H34N4O6/c44-31-12-15-42(16-13-31)30-10-8-29-24-49-38-5-1-4-33(41-38)26-6-7-27(36(21-26)48-17-2-3-25(29)19-30)22-37-40-34-11-9-28(39(45)46)20-35(34)43(37)23-32-14-18-47-32/h1,4-13,15-16,19-21,32H,2-3,14,17-18,22-24H2,(H,45,46)/t32-/m0/s1. The number of carboxylic acids is 1. The predicted molar refractivity (Wildman–Crippen MR) is 184 cm³/mol. The molecule has 1 saturated heterocycles. The number of carboxylic acid groups (broad SMARTS) is 1. The highest BCUT2D eigenvalue weighted by Gasteiger charge is 2.23. The van der Waals surface area contributed by atoms with Gasteiger partial charge in [0, 0.05) is 60.4 Å². The van der Waals surface area contributed by atoms with Crippen molar-refractivity contribution in [1.82, 2.24) is 19.1 Å². The van der Waals surface area contributed by atoms with Gasteiger partial charge in [-0.15, -0.1) is 0 Å². The van der Waals surface area contributed by atoms with E-state index in [0.29, 0.717) is 32.1 Å². The average molecular weight is 655 g/mol. The van der Waals surface area contributed by atoms with Crippen LogP contribution in [0.5, 0.6) is 11.6 Å². The molecule has 3 aromatic heterocycles. The van der Waals surface area contributed by atoms with Crippen LogP contribution in [0.25, 0.3) is 28.0 Å². The summed E-state index contributed by atoms with van der Waals surface area (Å²) in [7, 11) is 0. The number of hydrogen-bond donors (Lipinski definition) is 1. The Bertz CT molecular complexity index is 2230. The van der Waals surface area contributed by atoms with E-state index in [1.807, 2.05) is 41.0 Å². The van der Waals surface area contributed by atoms with Gasteiger partial charge in [0.15, 0.2) is 5.43 Å². The number of fused-ring (bicyclic) bond motifs is 7. The van der Waals surface area contributed by atoms with Crippen molar-refractivity contribution in [2.24, 2.45) is 0 Å². The van der Waals surface area contributed by atoms with Gasteiger partial charge in [-0.2, -0.15) is 0 Å². The first-order valence-electron chi connectivity index (χ1n) is 16.5. The maximum absolute atomic E-state index is 11.8. The van der Waals surface area contributed by atoms with Crippen LogP contribution in [0.2, 0.25) is 0 Å². The number of ether oxygens (including phenoxy) is 3. The molecule has 0 aliphatic carbocycles. The first-order chi connectivity index (χ1) is 24.0. The molecule has 10 heteroatoms. The van der Waals surface area contributed by atoms with Gasteiger partial charge in [0.25, 0.3) is 0 Å². The van der Waals surface area contributed by atoms with Crippen molar-refractivity contribution in [2.75, 3.05) is 13.2 Å². The topological polar surface area (TPSA) is 118 Å². The van der Waals surface area contributed by atoms with Crippen LogP contribution >= 0.6 is 0 Å². The van der Waals surface area contributed by atoms with Crippen LogP contribution in [0.15, 0.2) is 102 Å². The predicted octanol–water partition coefficient (Wildman–Crippen LogP) is 6.23. The second kappa shape index (κ2) is 13.0. The van der Waals surface area contributed by atoms with Gasteiger partial charge in [-0.05, 0) is 72.9 Å². The van der Waals surface area contributed by atoms with Crippen LogP contribution in [-0.2, 0) is 30.7 Å². The minimum Gasteiger partial charge on any atom is -0.493 e. The highest BCUT2D eigenvalue weighted by Crippen LogP contribution is 2.32. The first-order valence-corrected chi connectivity index (χ1v) is 16.5. The Kier molecular flexibility index (Phi) is 8.14. The van der Waals surface area contributed by atoms with E-state index in [1.54, 1.807) is 42.7 Å². The number of aromatic nitrogens is 4. The molecule has 1 N–H and O–H groups in total. The zero-order chi connectivity index (χ0) is 33.3. The Morgan fingerprint density at radius 2 is 1.78 bits per heavy atom. The monoisotopic (exact) mass is 654 g/mol. The molecule has 4 bridgehead atoms. The third-order valence-electron chi connectivity index (χ3n) is 9.20. The Hall–Kier alpha value is -5.74. The molecule has 2 aliphatic rings. The second-order valence-electron chi connectivity index (χ2n) is 12.4. The summed E-state index contributed by atoms with van der Waals surface area (Å²) >= 11 is 0. The second-order valence-corrected chi connectivity index (χ2v) is 12.4. The summed E-state index contributed by atoms with van der Waals surface area (Å²) in [4.78, 5) is 33.3.